The molecule has 0 aliphatic heterocycles. The van der Waals surface area contributed by atoms with Gasteiger partial charge in [-0.05, 0) is 49.9 Å². The Morgan fingerprint density at radius 2 is 1.90 bits per heavy atom. The molecule has 4 saturated carbocycles. The minimum Gasteiger partial charge on any atom is -0.748 e. The quantitative estimate of drug-likeness (QED) is 0.467. The van der Waals surface area contributed by atoms with E-state index >= 15 is 0 Å². The molecule has 0 spiro atoms. The van der Waals surface area contributed by atoms with Crippen LogP contribution in [-0.4, -0.2) is 36.3 Å². The molecule has 0 amide bonds. The van der Waals surface area contributed by atoms with Crippen molar-refractivity contribution in [2.75, 3.05) is 5.75 Å². The van der Waals surface area contributed by atoms with Crippen molar-refractivity contribution in [3.05, 3.63) is 0 Å². The molecule has 4 aliphatic rings. The van der Waals surface area contributed by atoms with Crippen LogP contribution in [0.2, 0.25) is 0 Å². The molecule has 8 heteroatoms. The first kappa shape index (κ1) is 14.9. The first-order valence-corrected chi connectivity index (χ1v) is 8.90. The van der Waals surface area contributed by atoms with Crippen LogP contribution in [0, 0.1) is 23.3 Å². The Hall–Kier alpha value is -1.02. The molecule has 0 radical (unpaired) electrons. The van der Waals surface area contributed by atoms with E-state index in [2.05, 4.69) is 5.11 Å². The van der Waals surface area contributed by atoms with Gasteiger partial charge in [0.25, 0.3) is 0 Å². The lowest BCUT2D eigenvalue weighted by Crippen LogP contribution is -2.57. The van der Waals surface area contributed by atoms with E-state index in [0.29, 0.717) is 5.92 Å². The highest BCUT2D eigenvalue weighted by Gasteiger charge is 2.57. The zero-order chi connectivity index (χ0) is 15.3. The van der Waals surface area contributed by atoms with Crippen molar-refractivity contribution >= 4 is 16.1 Å². The van der Waals surface area contributed by atoms with Gasteiger partial charge in [0, 0.05) is 5.75 Å². The highest BCUT2D eigenvalue weighted by molar-refractivity contribution is 7.85. The van der Waals surface area contributed by atoms with Crippen LogP contribution < -0.4 is 0 Å². The van der Waals surface area contributed by atoms with Crippen molar-refractivity contribution in [1.29, 1.82) is 5.53 Å². The Morgan fingerprint density at radius 1 is 1.29 bits per heavy atom. The maximum atomic E-state index is 11.7. The number of hydrogen-bond donors (Lipinski definition) is 1. The van der Waals surface area contributed by atoms with Crippen molar-refractivity contribution in [2.45, 2.75) is 50.2 Å². The number of nitrogens with one attached hydrogen (secondary N) is 1. The third kappa shape index (κ3) is 2.96. The van der Waals surface area contributed by atoms with Gasteiger partial charge in [-0.3, -0.25) is 4.79 Å². The predicted molar refractivity (Wildman–Crippen MR) is 70.5 cm³/mol. The van der Waals surface area contributed by atoms with Crippen molar-refractivity contribution in [2.24, 2.45) is 22.9 Å². The second-order valence-electron chi connectivity index (χ2n) is 6.77. The van der Waals surface area contributed by atoms with E-state index in [1.807, 2.05) is 0 Å². The molecule has 0 aromatic carbocycles. The highest BCUT2D eigenvalue weighted by Crippen LogP contribution is 2.58. The van der Waals surface area contributed by atoms with Gasteiger partial charge in [0.2, 0.25) is 0 Å². The van der Waals surface area contributed by atoms with Crippen LogP contribution in [0.15, 0.2) is 5.11 Å². The SMILES string of the molecule is N=NC12CC3CC(C1)C(OC(=O)CCS(=O)(=O)[O-])C(C3)C2. The lowest BCUT2D eigenvalue weighted by molar-refractivity contribution is -0.172. The average Bonchev–Trinajstić information content (AvgIpc) is 2.39. The zero-order valence-corrected chi connectivity index (χ0v) is 12.5. The van der Waals surface area contributed by atoms with Crippen LogP contribution in [-0.2, 0) is 19.6 Å². The maximum absolute atomic E-state index is 11.7. The number of esters is 1. The average molecular weight is 315 g/mol. The molecule has 0 saturated heterocycles. The molecule has 2 unspecified atom stereocenters. The standard InChI is InChI=1S/C13H20N2O5S/c14-15-13-5-8-3-9(6-13)12(10(4-8)7-13)20-11(16)1-2-21(17,18)19/h8-10,12,14H,1-7H2,(H,17,18,19)/p-1. The number of rotatable bonds is 5. The van der Waals surface area contributed by atoms with E-state index in [9.17, 15) is 17.8 Å². The molecule has 0 aromatic rings. The summed E-state index contributed by atoms with van der Waals surface area (Å²) in [6.07, 6.45) is 3.94. The second kappa shape index (κ2) is 5.01. The Bertz CT molecular complexity index is 545. The van der Waals surface area contributed by atoms with Crippen LogP contribution in [0.4, 0.5) is 0 Å². The van der Waals surface area contributed by atoms with Gasteiger partial charge in [-0.25, -0.2) is 13.9 Å². The van der Waals surface area contributed by atoms with Gasteiger partial charge in [-0.2, -0.15) is 5.11 Å². The molecule has 21 heavy (non-hydrogen) atoms. The van der Waals surface area contributed by atoms with Crippen LogP contribution in [0.25, 0.3) is 0 Å². The third-order valence-corrected chi connectivity index (χ3v) is 5.92. The normalized spacial score (nSPS) is 41.0. The van der Waals surface area contributed by atoms with E-state index in [1.54, 1.807) is 0 Å². The second-order valence-corrected chi connectivity index (χ2v) is 8.30. The van der Waals surface area contributed by atoms with Gasteiger partial charge in [0.1, 0.15) is 6.10 Å². The Labute approximate surface area is 123 Å². The molecular formula is C13H19N2O5S-. The molecule has 118 valence electrons. The van der Waals surface area contributed by atoms with E-state index in [4.69, 9.17) is 10.3 Å². The Balaban J connectivity index is 1.63. The molecule has 4 bridgehead atoms. The fraction of sp³-hybridized carbons (Fsp3) is 0.923. The molecule has 0 aromatic heterocycles. The topological polar surface area (TPSA) is 120 Å². The van der Waals surface area contributed by atoms with E-state index in [1.165, 1.54) is 0 Å². The highest BCUT2D eigenvalue weighted by atomic mass is 32.2. The van der Waals surface area contributed by atoms with Crippen molar-refractivity contribution in [3.63, 3.8) is 0 Å². The van der Waals surface area contributed by atoms with E-state index in [-0.39, 0.29) is 29.9 Å². The molecule has 4 fully saturated rings. The summed E-state index contributed by atoms with van der Waals surface area (Å²) in [5.74, 6) is -0.309. The van der Waals surface area contributed by atoms with Gasteiger partial charge >= 0.3 is 5.97 Å². The molecule has 7 nitrogen and oxygen atoms in total. The van der Waals surface area contributed by atoms with E-state index in [0.717, 1.165) is 32.1 Å². The fourth-order valence-electron chi connectivity index (χ4n) is 4.68. The summed E-state index contributed by atoms with van der Waals surface area (Å²) < 4.78 is 37.1. The molecular weight excluding hydrogens is 296 g/mol. The summed E-state index contributed by atoms with van der Waals surface area (Å²) in [5.41, 5.74) is 7.19. The van der Waals surface area contributed by atoms with Gasteiger partial charge in [-0.15, -0.1) is 0 Å². The third-order valence-electron chi connectivity index (χ3n) is 5.22. The summed E-state index contributed by atoms with van der Waals surface area (Å²) in [6.45, 7) is 0. The largest absolute Gasteiger partial charge is 0.748 e. The van der Waals surface area contributed by atoms with Gasteiger partial charge in [0.05, 0.1) is 22.1 Å². The Morgan fingerprint density at radius 3 is 2.43 bits per heavy atom. The lowest BCUT2D eigenvalue weighted by Gasteiger charge is -2.57. The van der Waals surface area contributed by atoms with Crippen LogP contribution in [0.3, 0.4) is 0 Å². The zero-order valence-electron chi connectivity index (χ0n) is 11.7. The summed E-state index contributed by atoms with van der Waals surface area (Å²) in [4.78, 5) is 11.7. The first-order chi connectivity index (χ1) is 9.80. The number of hydrogen-bond acceptors (Lipinski definition) is 7. The van der Waals surface area contributed by atoms with Crippen molar-refractivity contribution in [1.82, 2.24) is 0 Å². The number of nitrogens with zero attached hydrogens (tertiary/aromatic N) is 1. The monoisotopic (exact) mass is 315 g/mol. The molecule has 4 aliphatic carbocycles. The summed E-state index contributed by atoms with van der Waals surface area (Å²) >= 11 is 0. The van der Waals surface area contributed by atoms with Crippen LogP contribution in [0.5, 0.6) is 0 Å². The van der Waals surface area contributed by atoms with Gasteiger partial charge in [-0.1, -0.05) is 0 Å². The number of carbonyl (C=O) groups is 1. The lowest BCUT2D eigenvalue weighted by atomic mass is 9.52. The van der Waals surface area contributed by atoms with Crippen LogP contribution in [0.1, 0.15) is 38.5 Å². The minimum atomic E-state index is -4.38. The first-order valence-electron chi connectivity index (χ1n) is 7.32. The van der Waals surface area contributed by atoms with Crippen molar-refractivity contribution < 1.29 is 22.5 Å². The fourth-order valence-corrected chi connectivity index (χ4v) is 5.10. The molecule has 4 rings (SSSR count). The summed E-state index contributed by atoms with van der Waals surface area (Å²) in [5, 5.41) is 3.85. The molecule has 2 atom stereocenters. The van der Waals surface area contributed by atoms with Gasteiger partial charge in [0.15, 0.2) is 0 Å². The predicted octanol–water partition coefficient (Wildman–Crippen LogP) is 1.44. The summed E-state index contributed by atoms with van der Waals surface area (Å²) in [7, 11) is -4.38. The van der Waals surface area contributed by atoms with E-state index < -0.39 is 21.8 Å². The number of carbonyl (C=O) groups excluding carboxylic acids is 1. The number of ether oxygens (including phenoxy) is 1. The van der Waals surface area contributed by atoms with Gasteiger partial charge < -0.3 is 9.29 Å². The molecule has 0 heterocycles. The minimum absolute atomic E-state index is 0.196. The summed E-state index contributed by atoms with van der Waals surface area (Å²) in [6, 6.07) is 0. The maximum Gasteiger partial charge on any atom is 0.307 e. The van der Waals surface area contributed by atoms with Crippen LogP contribution >= 0.6 is 0 Å². The molecule has 1 N–H and O–H groups in total. The van der Waals surface area contributed by atoms with Crippen molar-refractivity contribution in [3.8, 4) is 0 Å². The smallest absolute Gasteiger partial charge is 0.307 e. The Kier molecular flexibility index (Phi) is 3.56.